The van der Waals surface area contributed by atoms with E-state index in [-0.39, 0.29) is 18.7 Å². The lowest BCUT2D eigenvalue weighted by Gasteiger charge is -2.26. The third-order valence-corrected chi connectivity index (χ3v) is 4.23. The van der Waals surface area contributed by atoms with Crippen molar-refractivity contribution in [1.29, 1.82) is 0 Å². The first-order chi connectivity index (χ1) is 10.2. The molecule has 112 valence electrons. The number of hydrogen-bond acceptors (Lipinski definition) is 4. The molecule has 2 aliphatic heterocycles. The molecule has 1 aromatic carbocycles. The molecule has 0 bridgehead atoms. The fourth-order valence-corrected chi connectivity index (χ4v) is 3.22. The molecule has 2 heterocycles. The Morgan fingerprint density at radius 1 is 1.33 bits per heavy atom. The molecule has 3 N–H and O–H groups in total. The highest BCUT2D eigenvalue weighted by Crippen LogP contribution is 2.30. The Bertz CT molecular complexity index is 534. The van der Waals surface area contributed by atoms with Gasteiger partial charge in [-0.2, -0.15) is 0 Å². The maximum absolute atomic E-state index is 12.3. The van der Waals surface area contributed by atoms with Crippen LogP contribution in [0.2, 0.25) is 0 Å². The first kappa shape index (κ1) is 13.9. The van der Waals surface area contributed by atoms with Crippen molar-refractivity contribution in [3.05, 3.63) is 35.9 Å². The second-order valence-corrected chi connectivity index (χ2v) is 5.52. The highest BCUT2D eigenvalue weighted by atomic mass is 16.6. The van der Waals surface area contributed by atoms with Gasteiger partial charge in [0, 0.05) is 6.04 Å². The van der Waals surface area contributed by atoms with E-state index in [9.17, 15) is 9.59 Å². The van der Waals surface area contributed by atoms with Gasteiger partial charge in [-0.15, -0.1) is 0 Å². The van der Waals surface area contributed by atoms with Crippen LogP contribution in [0.15, 0.2) is 30.3 Å². The molecule has 2 amide bonds. The summed E-state index contributed by atoms with van der Waals surface area (Å²) in [5.41, 5.74) is 6.34. The minimum atomic E-state index is -0.573. The van der Waals surface area contributed by atoms with Crippen LogP contribution in [0.5, 0.6) is 0 Å². The van der Waals surface area contributed by atoms with E-state index in [1.165, 1.54) is 4.90 Å². The molecule has 2 saturated heterocycles. The molecule has 1 aromatic rings. The highest BCUT2D eigenvalue weighted by Gasteiger charge is 2.48. The number of fused-ring (bicyclic) bond motifs is 1. The van der Waals surface area contributed by atoms with E-state index in [4.69, 9.17) is 10.5 Å². The van der Waals surface area contributed by atoms with Gasteiger partial charge >= 0.3 is 6.09 Å². The Kier molecular flexibility index (Phi) is 3.79. The van der Waals surface area contributed by atoms with Crippen molar-refractivity contribution in [1.82, 2.24) is 10.2 Å². The van der Waals surface area contributed by atoms with Gasteiger partial charge in [0.25, 0.3) is 0 Å². The summed E-state index contributed by atoms with van der Waals surface area (Å²) in [6, 6.07) is 9.05. The van der Waals surface area contributed by atoms with Gasteiger partial charge in [0.2, 0.25) is 5.91 Å². The van der Waals surface area contributed by atoms with Crippen molar-refractivity contribution in [2.75, 3.05) is 6.54 Å². The maximum atomic E-state index is 12.3. The van der Waals surface area contributed by atoms with Gasteiger partial charge < -0.3 is 15.8 Å². The molecule has 3 atom stereocenters. The zero-order chi connectivity index (χ0) is 14.8. The summed E-state index contributed by atoms with van der Waals surface area (Å²) in [6.45, 7) is 1.05. The number of amides is 2. The molecule has 6 heteroatoms. The zero-order valence-corrected chi connectivity index (χ0v) is 11.7. The molecule has 3 unspecified atom stereocenters. The van der Waals surface area contributed by atoms with Crippen LogP contribution in [-0.4, -0.2) is 41.6 Å². The lowest BCUT2D eigenvalue weighted by atomic mass is 10.1. The number of hydrogen-bond donors (Lipinski definition) is 2. The predicted octanol–water partition coefficient (Wildman–Crippen LogP) is 0.613. The van der Waals surface area contributed by atoms with Crippen LogP contribution >= 0.6 is 0 Å². The summed E-state index contributed by atoms with van der Waals surface area (Å²) in [5.74, 6) is -0.470. The van der Waals surface area contributed by atoms with Gasteiger partial charge in [-0.05, 0) is 24.9 Å². The van der Waals surface area contributed by atoms with Crippen LogP contribution in [0.3, 0.4) is 0 Å². The van der Waals surface area contributed by atoms with Crippen LogP contribution in [-0.2, 0) is 16.1 Å². The molecular weight excluding hydrogens is 270 g/mol. The molecule has 3 rings (SSSR count). The molecule has 21 heavy (non-hydrogen) atoms. The summed E-state index contributed by atoms with van der Waals surface area (Å²) >= 11 is 0. The second-order valence-electron chi connectivity index (χ2n) is 5.52. The van der Waals surface area contributed by atoms with Gasteiger partial charge in [-0.3, -0.25) is 9.69 Å². The van der Waals surface area contributed by atoms with Crippen molar-refractivity contribution in [3.63, 3.8) is 0 Å². The molecule has 0 saturated carbocycles. The van der Waals surface area contributed by atoms with Crippen molar-refractivity contribution in [3.8, 4) is 0 Å². The Labute approximate surface area is 123 Å². The average molecular weight is 289 g/mol. The number of benzene rings is 1. The lowest BCUT2D eigenvalue weighted by Crippen LogP contribution is -2.47. The fraction of sp³-hybridized carbons (Fsp3) is 0.467. The van der Waals surface area contributed by atoms with Gasteiger partial charge in [-0.25, -0.2) is 4.79 Å². The minimum absolute atomic E-state index is 0.00535. The summed E-state index contributed by atoms with van der Waals surface area (Å²) in [4.78, 5) is 25.4. The van der Waals surface area contributed by atoms with Crippen molar-refractivity contribution >= 4 is 12.0 Å². The third-order valence-electron chi connectivity index (χ3n) is 4.23. The molecule has 6 nitrogen and oxygen atoms in total. The monoisotopic (exact) mass is 289 g/mol. The van der Waals surface area contributed by atoms with Gasteiger partial charge in [0.05, 0.1) is 6.04 Å². The number of likely N-dealkylation sites (tertiary alicyclic amines) is 1. The molecule has 0 aromatic heterocycles. The topological polar surface area (TPSA) is 84.7 Å². The summed E-state index contributed by atoms with van der Waals surface area (Å²) < 4.78 is 5.35. The molecule has 0 aliphatic carbocycles. The third kappa shape index (κ3) is 2.71. The number of nitrogens with zero attached hydrogens (tertiary/aromatic N) is 1. The molecule has 0 radical (unpaired) electrons. The van der Waals surface area contributed by atoms with Crippen LogP contribution in [0.1, 0.15) is 18.4 Å². The number of nitrogens with one attached hydrogen (secondary N) is 1. The van der Waals surface area contributed by atoms with E-state index in [0.717, 1.165) is 18.5 Å². The lowest BCUT2D eigenvalue weighted by molar-refractivity contribution is -0.122. The number of rotatable bonds is 3. The highest BCUT2D eigenvalue weighted by molar-refractivity contribution is 5.85. The molecule has 0 spiro atoms. The normalized spacial score (nSPS) is 27.4. The quantitative estimate of drug-likeness (QED) is 0.854. The first-order valence-corrected chi connectivity index (χ1v) is 7.18. The standard InChI is InChI=1S/C15H19N3O3/c16-14(19)13-8-11-12(6-7-17-11)18(13)15(20)21-9-10-4-2-1-3-5-10/h1-5,11-13,17H,6-9H2,(H2,16,19). The van der Waals surface area contributed by atoms with Crippen molar-refractivity contribution in [2.45, 2.75) is 37.6 Å². The number of nitrogens with two attached hydrogens (primary N) is 1. The maximum Gasteiger partial charge on any atom is 0.411 e. The van der Waals surface area contributed by atoms with Gasteiger partial charge in [0.15, 0.2) is 0 Å². The minimum Gasteiger partial charge on any atom is -0.445 e. The number of carbonyl (C=O) groups excluding carboxylic acids is 2. The van der Waals surface area contributed by atoms with Gasteiger partial charge in [0.1, 0.15) is 12.6 Å². The Balaban J connectivity index is 1.68. The summed E-state index contributed by atoms with van der Waals surface area (Å²) in [7, 11) is 0. The Hall–Kier alpha value is -2.08. The zero-order valence-electron chi connectivity index (χ0n) is 11.7. The van der Waals surface area contributed by atoms with Crippen LogP contribution in [0.25, 0.3) is 0 Å². The van der Waals surface area contributed by atoms with E-state index in [1.807, 2.05) is 30.3 Å². The smallest absolute Gasteiger partial charge is 0.411 e. The largest absolute Gasteiger partial charge is 0.445 e. The van der Waals surface area contributed by atoms with Crippen LogP contribution < -0.4 is 11.1 Å². The van der Waals surface area contributed by atoms with E-state index in [2.05, 4.69) is 5.32 Å². The summed E-state index contributed by atoms with van der Waals surface area (Å²) in [5, 5.41) is 3.30. The molecule has 2 aliphatic rings. The Morgan fingerprint density at radius 2 is 2.10 bits per heavy atom. The number of carbonyl (C=O) groups is 2. The fourth-order valence-electron chi connectivity index (χ4n) is 3.22. The van der Waals surface area contributed by atoms with E-state index in [1.54, 1.807) is 0 Å². The average Bonchev–Trinajstić information content (AvgIpc) is 3.06. The van der Waals surface area contributed by atoms with Crippen LogP contribution in [0.4, 0.5) is 4.79 Å². The van der Waals surface area contributed by atoms with Crippen molar-refractivity contribution in [2.24, 2.45) is 5.73 Å². The van der Waals surface area contributed by atoms with E-state index < -0.39 is 18.0 Å². The van der Waals surface area contributed by atoms with Crippen LogP contribution in [0, 0.1) is 0 Å². The number of ether oxygens (including phenoxy) is 1. The SMILES string of the molecule is NC(=O)C1CC2NCCC2N1C(=O)OCc1ccccc1. The van der Waals surface area contributed by atoms with E-state index >= 15 is 0 Å². The second kappa shape index (κ2) is 5.73. The Morgan fingerprint density at radius 3 is 2.81 bits per heavy atom. The molecule has 2 fully saturated rings. The van der Waals surface area contributed by atoms with Crippen molar-refractivity contribution < 1.29 is 14.3 Å². The summed E-state index contributed by atoms with van der Waals surface area (Å²) in [6.07, 6.45) is 0.939. The van der Waals surface area contributed by atoms with Gasteiger partial charge in [-0.1, -0.05) is 30.3 Å². The van der Waals surface area contributed by atoms with E-state index in [0.29, 0.717) is 6.42 Å². The predicted molar refractivity (Wildman–Crippen MR) is 76.3 cm³/mol. The molecular formula is C15H19N3O3. The first-order valence-electron chi connectivity index (χ1n) is 7.18. The number of primary amides is 1.